The predicted octanol–water partition coefficient (Wildman–Crippen LogP) is 3.33. The predicted molar refractivity (Wildman–Crippen MR) is 77.8 cm³/mol. The standard InChI is InChI=1S/C16H16N2O3/c1-2-9-20-16(19)12-3-5-13(6-4-12)18-11-15-8-7-14(10-17)21-15/h3-8,18H,2,9,11H2,1H3. The number of carbonyl (C=O) groups excluding carboxylic acids is 1. The Hall–Kier alpha value is -2.74. The first-order chi connectivity index (χ1) is 10.2. The van der Waals surface area contributed by atoms with Crippen molar-refractivity contribution in [1.82, 2.24) is 0 Å². The van der Waals surface area contributed by atoms with Crippen LogP contribution in [0, 0.1) is 11.3 Å². The molecule has 0 fully saturated rings. The maximum Gasteiger partial charge on any atom is 0.338 e. The van der Waals surface area contributed by atoms with Gasteiger partial charge >= 0.3 is 5.97 Å². The fraction of sp³-hybridized carbons (Fsp3) is 0.250. The molecule has 1 N–H and O–H groups in total. The number of ether oxygens (including phenoxy) is 1. The van der Waals surface area contributed by atoms with Crippen LogP contribution in [0.4, 0.5) is 5.69 Å². The molecule has 1 heterocycles. The summed E-state index contributed by atoms with van der Waals surface area (Å²) in [6.07, 6.45) is 0.805. The average molecular weight is 284 g/mol. The zero-order chi connectivity index (χ0) is 15.1. The summed E-state index contributed by atoms with van der Waals surface area (Å²) in [4.78, 5) is 11.6. The van der Waals surface area contributed by atoms with Crippen molar-refractivity contribution in [2.24, 2.45) is 0 Å². The molecular formula is C16H16N2O3. The number of nitrogens with one attached hydrogen (secondary N) is 1. The molecule has 2 aromatic rings. The van der Waals surface area contributed by atoms with Gasteiger partial charge in [0.15, 0.2) is 0 Å². The third kappa shape index (κ3) is 4.11. The van der Waals surface area contributed by atoms with Crippen LogP contribution in [-0.4, -0.2) is 12.6 Å². The number of nitriles is 1. The molecule has 0 radical (unpaired) electrons. The van der Waals surface area contributed by atoms with E-state index in [4.69, 9.17) is 14.4 Å². The minimum Gasteiger partial charge on any atom is -0.462 e. The van der Waals surface area contributed by atoms with Crippen molar-refractivity contribution < 1.29 is 13.9 Å². The van der Waals surface area contributed by atoms with Crippen LogP contribution < -0.4 is 5.32 Å². The number of hydrogen-bond acceptors (Lipinski definition) is 5. The SMILES string of the molecule is CCCOC(=O)c1ccc(NCc2ccc(C#N)o2)cc1. The Morgan fingerprint density at radius 2 is 2.05 bits per heavy atom. The molecule has 0 unspecified atom stereocenters. The van der Waals surface area contributed by atoms with Crippen LogP contribution in [0.2, 0.25) is 0 Å². The van der Waals surface area contributed by atoms with Gasteiger partial charge in [0.05, 0.1) is 18.7 Å². The van der Waals surface area contributed by atoms with Gasteiger partial charge in [-0.1, -0.05) is 6.92 Å². The number of nitrogens with zero attached hydrogens (tertiary/aromatic N) is 1. The summed E-state index contributed by atoms with van der Waals surface area (Å²) in [5.41, 5.74) is 1.38. The van der Waals surface area contributed by atoms with Crippen molar-refractivity contribution >= 4 is 11.7 Å². The molecule has 0 saturated heterocycles. The van der Waals surface area contributed by atoms with Crippen molar-refractivity contribution in [3.63, 3.8) is 0 Å². The van der Waals surface area contributed by atoms with E-state index in [-0.39, 0.29) is 5.97 Å². The van der Waals surface area contributed by atoms with Crippen LogP contribution >= 0.6 is 0 Å². The Morgan fingerprint density at radius 3 is 2.67 bits per heavy atom. The summed E-state index contributed by atoms with van der Waals surface area (Å²) < 4.78 is 10.3. The van der Waals surface area contributed by atoms with Crippen molar-refractivity contribution in [3.8, 4) is 6.07 Å². The molecule has 0 aliphatic carbocycles. The molecule has 0 spiro atoms. The van der Waals surface area contributed by atoms with E-state index >= 15 is 0 Å². The second-order valence-electron chi connectivity index (χ2n) is 4.44. The summed E-state index contributed by atoms with van der Waals surface area (Å²) in [5.74, 6) is 0.659. The largest absolute Gasteiger partial charge is 0.462 e. The summed E-state index contributed by atoms with van der Waals surface area (Å²) >= 11 is 0. The van der Waals surface area contributed by atoms with Crippen LogP contribution in [0.5, 0.6) is 0 Å². The first-order valence-corrected chi connectivity index (χ1v) is 6.73. The molecule has 5 heteroatoms. The minimum absolute atomic E-state index is 0.292. The molecular weight excluding hydrogens is 268 g/mol. The number of rotatable bonds is 6. The highest BCUT2D eigenvalue weighted by atomic mass is 16.5. The number of furan rings is 1. The number of hydrogen-bond donors (Lipinski definition) is 1. The Balaban J connectivity index is 1.90. The molecule has 0 aliphatic heterocycles. The van der Waals surface area contributed by atoms with Gasteiger partial charge in [-0.05, 0) is 42.8 Å². The van der Waals surface area contributed by atoms with Gasteiger partial charge in [0.25, 0.3) is 0 Å². The Bertz CT molecular complexity index is 638. The van der Waals surface area contributed by atoms with E-state index in [1.54, 1.807) is 36.4 Å². The molecule has 1 aromatic heterocycles. The molecule has 0 amide bonds. The van der Waals surface area contributed by atoms with Gasteiger partial charge in [-0.25, -0.2) is 4.79 Å². The van der Waals surface area contributed by atoms with Gasteiger partial charge in [0.2, 0.25) is 5.76 Å². The van der Waals surface area contributed by atoms with E-state index in [0.29, 0.717) is 30.2 Å². The summed E-state index contributed by atoms with van der Waals surface area (Å²) in [6, 6.07) is 12.3. The van der Waals surface area contributed by atoms with E-state index in [0.717, 1.165) is 12.1 Å². The summed E-state index contributed by atoms with van der Waals surface area (Å²) in [6.45, 7) is 2.85. The highest BCUT2D eigenvalue weighted by Crippen LogP contribution is 2.13. The monoisotopic (exact) mass is 284 g/mol. The third-order valence-corrected chi connectivity index (χ3v) is 2.80. The van der Waals surface area contributed by atoms with E-state index in [9.17, 15) is 4.79 Å². The van der Waals surface area contributed by atoms with Gasteiger partial charge in [-0.2, -0.15) is 5.26 Å². The van der Waals surface area contributed by atoms with Crippen molar-refractivity contribution in [3.05, 3.63) is 53.5 Å². The Kier molecular flexibility index (Phi) is 4.99. The Morgan fingerprint density at radius 1 is 1.29 bits per heavy atom. The summed E-state index contributed by atoms with van der Waals surface area (Å²) in [5, 5.41) is 11.8. The Labute approximate surface area is 123 Å². The van der Waals surface area contributed by atoms with Gasteiger partial charge < -0.3 is 14.5 Å². The molecule has 0 aliphatic rings. The molecule has 5 nitrogen and oxygen atoms in total. The maximum atomic E-state index is 11.6. The lowest BCUT2D eigenvalue weighted by Gasteiger charge is -2.06. The molecule has 1 aromatic carbocycles. The van der Waals surface area contributed by atoms with Crippen molar-refractivity contribution in [2.75, 3.05) is 11.9 Å². The molecule has 0 bridgehead atoms. The van der Waals surface area contributed by atoms with Crippen LogP contribution in [0.1, 0.15) is 35.2 Å². The summed E-state index contributed by atoms with van der Waals surface area (Å²) in [7, 11) is 0. The lowest BCUT2D eigenvalue weighted by Crippen LogP contribution is -2.06. The highest BCUT2D eigenvalue weighted by Gasteiger charge is 2.06. The molecule has 0 atom stereocenters. The van der Waals surface area contributed by atoms with Crippen LogP contribution in [0.25, 0.3) is 0 Å². The third-order valence-electron chi connectivity index (χ3n) is 2.80. The second kappa shape index (κ2) is 7.15. The first kappa shape index (κ1) is 14.7. The highest BCUT2D eigenvalue weighted by molar-refractivity contribution is 5.89. The minimum atomic E-state index is -0.312. The fourth-order valence-corrected chi connectivity index (χ4v) is 1.72. The van der Waals surface area contributed by atoms with Gasteiger partial charge in [-0.15, -0.1) is 0 Å². The number of esters is 1. The normalized spacial score (nSPS) is 9.90. The van der Waals surface area contributed by atoms with Crippen molar-refractivity contribution in [2.45, 2.75) is 19.9 Å². The molecule has 108 valence electrons. The molecule has 0 saturated carbocycles. The van der Waals surface area contributed by atoms with E-state index in [1.165, 1.54) is 0 Å². The second-order valence-corrected chi connectivity index (χ2v) is 4.44. The lowest BCUT2D eigenvalue weighted by molar-refractivity contribution is 0.0505. The quantitative estimate of drug-likeness (QED) is 0.823. The van der Waals surface area contributed by atoms with Gasteiger partial charge in [-0.3, -0.25) is 0 Å². The fourth-order valence-electron chi connectivity index (χ4n) is 1.72. The van der Waals surface area contributed by atoms with Gasteiger partial charge in [0.1, 0.15) is 11.8 Å². The van der Waals surface area contributed by atoms with E-state index in [1.807, 2.05) is 13.0 Å². The lowest BCUT2D eigenvalue weighted by atomic mass is 10.2. The smallest absolute Gasteiger partial charge is 0.338 e. The average Bonchev–Trinajstić information content (AvgIpc) is 2.99. The maximum absolute atomic E-state index is 11.6. The number of anilines is 1. The van der Waals surface area contributed by atoms with E-state index < -0.39 is 0 Å². The van der Waals surface area contributed by atoms with Gasteiger partial charge in [0, 0.05) is 5.69 Å². The van der Waals surface area contributed by atoms with Crippen LogP contribution in [-0.2, 0) is 11.3 Å². The number of carbonyl (C=O) groups is 1. The molecule has 21 heavy (non-hydrogen) atoms. The first-order valence-electron chi connectivity index (χ1n) is 6.73. The zero-order valence-electron chi connectivity index (χ0n) is 11.8. The van der Waals surface area contributed by atoms with Crippen LogP contribution in [0.15, 0.2) is 40.8 Å². The molecule has 2 rings (SSSR count). The topological polar surface area (TPSA) is 75.3 Å². The number of benzene rings is 1. The van der Waals surface area contributed by atoms with Crippen LogP contribution in [0.3, 0.4) is 0 Å². The van der Waals surface area contributed by atoms with Crippen molar-refractivity contribution in [1.29, 1.82) is 5.26 Å². The van der Waals surface area contributed by atoms with E-state index in [2.05, 4.69) is 5.32 Å². The zero-order valence-corrected chi connectivity index (χ0v) is 11.8.